The number of carbonyl (C=O) groups is 2. The van der Waals surface area contributed by atoms with E-state index in [0.717, 1.165) is 18.4 Å². The number of nitrogens with one attached hydrogen (secondary N) is 1. The van der Waals surface area contributed by atoms with Crippen LogP contribution in [0.2, 0.25) is 0 Å². The van der Waals surface area contributed by atoms with Crippen LogP contribution in [0, 0.1) is 11.7 Å². The maximum absolute atomic E-state index is 13.0. The van der Waals surface area contributed by atoms with Gasteiger partial charge in [-0.3, -0.25) is 4.79 Å². The highest BCUT2D eigenvalue weighted by Crippen LogP contribution is 2.16. The largest absolute Gasteiger partial charge is 0.369 e. The number of urea groups is 1. The first kappa shape index (κ1) is 16.3. The fourth-order valence-electron chi connectivity index (χ4n) is 2.66. The Morgan fingerprint density at radius 2 is 2.05 bits per heavy atom. The summed E-state index contributed by atoms with van der Waals surface area (Å²) in [5.41, 5.74) is 6.20. The molecule has 0 aromatic heterocycles. The zero-order valence-corrected chi connectivity index (χ0v) is 12.6. The lowest BCUT2D eigenvalue weighted by molar-refractivity contribution is -0.123. The van der Waals surface area contributed by atoms with E-state index in [-0.39, 0.29) is 23.7 Å². The van der Waals surface area contributed by atoms with Gasteiger partial charge in [-0.15, -0.1) is 0 Å². The summed E-state index contributed by atoms with van der Waals surface area (Å²) in [7, 11) is 0. The molecular weight excluding hydrogens is 285 g/mol. The molecular formula is C16H22FN3O2. The van der Waals surface area contributed by atoms with E-state index in [2.05, 4.69) is 5.32 Å². The molecule has 0 bridgehead atoms. The average Bonchev–Trinajstić information content (AvgIpc) is 2.51. The smallest absolute Gasteiger partial charge is 0.317 e. The predicted octanol–water partition coefficient (Wildman–Crippen LogP) is 1.67. The maximum Gasteiger partial charge on any atom is 0.317 e. The Balaban J connectivity index is 1.65. The van der Waals surface area contributed by atoms with E-state index in [1.807, 2.05) is 6.07 Å². The fourth-order valence-corrected chi connectivity index (χ4v) is 2.66. The summed E-state index contributed by atoms with van der Waals surface area (Å²) in [5, 5.41) is 2.86. The van der Waals surface area contributed by atoms with Crippen LogP contribution in [0.1, 0.15) is 24.8 Å². The first-order chi connectivity index (χ1) is 10.6. The number of likely N-dealkylation sites (tertiary alicyclic amines) is 1. The van der Waals surface area contributed by atoms with E-state index in [0.29, 0.717) is 32.5 Å². The standard InChI is InChI=1S/C16H22FN3O2/c17-14-5-1-3-12(11-14)4-2-8-19-16(22)20-9-6-13(7-10-20)15(18)21/h1,3,5,11,13H,2,4,6-10H2,(H2,18,21)(H,19,22). The van der Waals surface area contributed by atoms with Crippen molar-refractivity contribution in [2.75, 3.05) is 19.6 Å². The van der Waals surface area contributed by atoms with Crippen molar-refractivity contribution in [3.63, 3.8) is 0 Å². The van der Waals surface area contributed by atoms with Gasteiger partial charge in [-0.05, 0) is 43.4 Å². The minimum atomic E-state index is -0.282. The van der Waals surface area contributed by atoms with Gasteiger partial charge in [0.2, 0.25) is 5.91 Å². The highest BCUT2D eigenvalue weighted by atomic mass is 19.1. The molecule has 3 amide bonds. The quantitative estimate of drug-likeness (QED) is 0.812. The Morgan fingerprint density at radius 3 is 2.68 bits per heavy atom. The zero-order chi connectivity index (χ0) is 15.9. The second kappa shape index (κ2) is 7.77. The van der Waals surface area contributed by atoms with E-state index in [1.165, 1.54) is 12.1 Å². The Kier molecular flexibility index (Phi) is 5.75. The second-order valence-electron chi connectivity index (χ2n) is 5.63. The van der Waals surface area contributed by atoms with Crippen LogP contribution in [-0.2, 0) is 11.2 Å². The number of piperidine rings is 1. The monoisotopic (exact) mass is 307 g/mol. The van der Waals surface area contributed by atoms with Gasteiger partial charge in [-0.2, -0.15) is 0 Å². The fraction of sp³-hybridized carbons (Fsp3) is 0.500. The third kappa shape index (κ3) is 4.72. The Labute approximate surface area is 129 Å². The van der Waals surface area contributed by atoms with Crippen LogP contribution < -0.4 is 11.1 Å². The summed E-state index contributed by atoms with van der Waals surface area (Å²) in [6.45, 7) is 1.66. The first-order valence-electron chi connectivity index (χ1n) is 7.63. The van der Waals surface area contributed by atoms with E-state index in [1.54, 1.807) is 11.0 Å². The van der Waals surface area contributed by atoms with Gasteiger partial charge in [0.1, 0.15) is 5.82 Å². The van der Waals surface area contributed by atoms with Gasteiger partial charge in [0.05, 0.1) is 0 Å². The van der Waals surface area contributed by atoms with Gasteiger partial charge in [-0.25, -0.2) is 9.18 Å². The number of hydrogen-bond acceptors (Lipinski definition) is 2. The van der Waals surface area contributed by atoms with Crippen molar-refractivity contribution >= 4 is 11.9 Å². The van der Waals surface area contributed by atoms with Crippen molar-refractivity contribution in [3.8, 4) is 0 Å². The molecule has 22 heavy (non-hydrogen) atoms. The molecule has 0 saturated carbocycles. The lowest BCUT2D eigenvalue weighted by atomic mass is 9.96. The molecule has 1 aromatic rings. The number of aryl methyl sites for hydroxylation is 1. The lowest BCUT2D eigenvalue weighted by Gasteiger charge is -2.30. The van der Waals surface area contributed by atoms with E-state index in [9.17, 15) is 14.0 Å². The minimum Gasteiger partial charge on any atom is -0.369 e. The van der Waals surface area contributed by atoms with E-state index in [4.69, 9.17) is 5.73 Å². The molecule has 2 rings (SSSR count). The number of nitrogens with two attached hydrogens (primary N) is 1. The number of hydrogen-bond donors (Lipinski definition) is 2. The van der Waals surface area contributed by atoms with Crippen LogP contribution in [0.4, 0.5) is 9.18 Å². The molecule has 0 atom stereocenters. The third-order valence-corrected chi connectivity index (χ3v) is 3.99. The molecule has 1 saturated heterocycles. The first-order valence-corrected chi connectivity index (χ1v) is 7.63. The lowest BCUT2D eigenvalue weighted by Crippen LogP contribution is -2.46. The van der Waals surface area contributed by atoms with Crippen molar-refractivity contribution < 1.29 is 14.0 Å². The molecule has 1 aromatic carbocycles. The predicted molar refractivity (Wildman–Crippen MR) is 81.6 cm³/mol. The normalized spacial score (nSPS) is 15.6. The maximum atomic E-state index is 13.0. The second-order valence-corrected chi connectivity index (χ2v) is 5.63. The van der Waals surface area contributed by atoms with Crippen molar-refractivity contribution in [2.24, 2.45) is 11.7 Å². The van der Waals surface area contributed by atoms with E-state index < -0.39 is 0 Å². The molecule has 0 aliphatic carbocycles. The highest BCUT2D eigenvalue weighted by Gasteiger charge is 2.25. The SMILES string of the molecule is NC(=O)C1CCN(C(=O)NCCCc2cccc(F)c2)CC1. The summed E-state index contributed by atoms with van der Waals surface area (Å²) in [6.07, 6.45) is 2.74. The van der Waals surface area contributed by atoms with Crippen LogP contribution in [0.25, 0.3) is 0 Å². The molecule has 0 unspecified atom stereocenters. The van der Waals surface area contributed by atoms with Crippen LogP contribution in [0.5, 0.6) is 0 Å². The van der Waals surface area contributed by atoms with Gasteiger partial charge in [0, 0.05) is 25.6 Å². The molecule has 6 heteroatoms. The number of carbonyl (C=O) groups excluding carboxylic acids is 2. The summed E-state index contributed by atoms with van der Waals surface area (Å²) in [5.74, 6) is -0.633. The number of nitrogens with zero attached hydrogens (tertiary/aromatic N) is 1. The molecule has 1 aliphatic heterocycles. The van der Waals surface area contributed by atoms with Gasteiger partial charge < -0.3 is 16.0 Å². The van der Waals surface area contributed by atoms with Gasteiger partial charge in [-0.1, -0.05) is 12.1 Å². The topological polar surface area (TPSA) is 75.4 Å². The van der Waals surface area contributed by atoms with Gasteiger partial charge in [0.15, 0.2) is 0 Å². The van der Waals surface area contributed by atoms with Crippen molar-refractivity contribution in [3.05, 3.63) is 35.6 Å². The third-order valence-electron chi connectivity index (χ3n) is 3.99. The average molecular weight is 307 g/mol. The van der Waals surface area contributed by atoms with Crippen molar-refractivity contribution in [1.29, 1.82) is 0 Å². The molecule has 3 N–H and O–H groups in total. The summed E-state index contributed by atoms with van der Waals surface area (Å²) in [4.78, 5) is 24.8. The number of halogens is 1. The van der Waals surface area contributed by atoms with Crippen LogP contribution in [0.15, 0.2) is 24.3 Å². The summed E-state index contributed by atoms with van der Waals surface area (Å²) in [6, 6.07) is 6.38. The Morgan fingerprint density at radius 1 is 1.32 bits per heavy atom. The minimum absolute atomic E-state index is 0.109. The Bertz CT molecular complexity index is 528. The molecule has 1 heterocycles. The van der Waals surface area contributed by atoms with E-state index >= 15 is 0 Å². The number of rotatable bonds is 5. The molecule has 0 radical (unpaired) electrons. The summed E-state index contributed by atoms with van der Waals surface area (Å²) < 4.78 is 13.0. The van der Waals surface area contributed by atoms with Crippen molar-refractivity contribution in [1.82, 2.24) is 10.2 Å². The molecule has 0 spiro atoms. The molecule has 5 nitrogen and oxygen atoms in total. The zero-order valence-electron chi connectivity index (χ0n) is 12.6. The molecule has 1 aliphatic rings. The van der Waals surface area contributed by atoms with Gasteiger partial charge >= 0.3 is 6.03 Å². The van der Waals surface area contributed by atoms with Crippen LogP contribution in [-0.4, -0.2) is 36.5 Å². The number of primary amides is 1. The summed E-state index contributed by atoms with van der Waals surface area (Å²) >= 11 is 0. The highest BCUT2D eigenvalue weighted by molar-refractivity contribution is 5.78. The van der Waals surface area contributed by atoms with Gasteiger partial charge in [0.25, 0.3) is 0 Å². The van der Waals surface area contributed by atoms with Crippen LogP contribution >= 0.6 is 0 Å². The molecule has 120 valence electrons. The number of amides is 3. The number of benzene rings is 1. The van der Waals surface area contributed by atoms with Crippen molar-refractivity contribution in [2.45, 2.75) is 25.7 Å². The van der Waals surface area contributed by atoms with Crippen LogP contribution in [0.3, 0.4) is 0 Å². The Hall–Kier alpha value is -2.11. The molecule has 1 fully saturated rings.